The van der Waals surface area contributed by atoms with Crippen molar-refractivity contribution in [2.45, 2.75) is 4.33 Å². The monoisotopic (exact) mass is 174 g/mol. The Bertz CT molecular complexity index is 124. The fourth-order valence-corrected chi connectivity index (χ4v) is 0.0873. The highest BCUT2D eigenvalue weighted by atomic mass is 35.5. The third-order valence-corrected chi connectivity index (χ3v) is 1.17. The molecular formula is C4H5Cl2FO2. The van der Waals surface area contributed by atoms with Crippen molar-refractivity contribution in [2.75, 3.05) is 0 Å². The molecule has 0 bridgehead atoms. The van der Waals surface area contributed by atoms with Crippen LogP contribution < -0.4 is 0 Å². The van der Waals surface area contributed by atoms with Crippen LogP contribution in [0.5, 0.6) is 0 Å². The molecule has 0 amide bonds. The van der Waals surface area contributed by atoms with Crippen molar-refractivity contribution < 1.29 is 14.6 Å². The Kier molecular flexibility index (Phi) is 4.72. The molecule has 0 atom stereocenters. The van der Waals surface area contributed by atoms with E-state index in [1.54, 1.807) is 0 Å². The number of alkyl halides is 2. The number of rotatable bonds is 2. The van der Waals surface area contributed by atoms with Crippen molar-refractivity contribution in [3.63, 3.8) is 0 Å². The van der Waals surface area contributed by atoms with Gasteiger partial charge < -0.3 is 5.11 Å². The number of hydrogen-bond acceptors (Lipinski definition) is 1. The van der Waals surface area contributed by atoms with Crippen molar-refractivity contribution in [2.24, 2.45) is 0 Å². The van der Waals surface area contributed by atoms with Crippen LogP contribution in [0.4, 0.5) is 4.70 Å². The second kappa shape index (κ2) is 3.69. The highest BCUT2D eigenvalue weighted by molar-refractivity contribution is 6.58. The van der Waals surface area contributed by atoms with Crippen LogP contribution in [-0.4, -0.2) is 15.4 Å². The molecule has 0 saturated heterocycles. The van der Waals surface area contributed by atoms with E-state index in [1.165, 1.54) is 0 Å². The summed E-state index contributed by atoms with van der Waals surface area (Å²) in [4.78, 5) is 9.92. The standard InChI is InChI=1S/C4H4Cl2O2.FH/c1-2-4(5,6)3(7)8;/h2H,1H2,(H,7,8);1H. The first kappa shape index (κ1) is 11.5. The molecule has 0 saturated carbocycles. The molecule has 0 aliphatic heterocycles. The predicted octanol–water partition coefficient (Wildman–Crippen LogP) is 1.58. The van der Waals surface area contributed by atoms with Crippen molar-refractivity contribution >= 4 is 29.2 Å². The van der Waals surface area contributed by atoms with Gasteiger partial charge in [0.05, 0.1) is 0 Å². The largest absolute Gasteiger partial charge is 0.479 e. The predicted molar refractivity (Wildman–Crippen MR) is 34.8 cm³/mol. The summed E-state index contributed by atoms with van der Waals surface area (Å²) in [6.07, 6.45) is 0.943. The SMILES string of the molecule is C=CC(Cl)(Cl)C(=O)O.F. The molecule has 9 heavy (non-hydrogen) atoms. The summed E-state index contributed by atoms with van der Waals surface area (Å²) >= 11 is 10.2. The molecule has 0 radical (unpaired) electrons. The minimum absolute atomic E-state index is 0. The zero-order chi connectivity index (χ0) is 6.78. The van der Waals surface area contributed by atoms with Gasteiger partial charge >= 0.3 is 5.97 Å². The van der Waals surface area contributed by atoms with Gasteiger partial charge in [-0.05, 0) is 6.08 Å². The minimum atomic E-state index is -1.83. The van der Waals surface area contributed by atoms with Crippen LogP contribution in [0.15, 0.2) is 12.7 Å². The zero-order valence-corrected chi connectivity index (χ0v) is 5.82. The van der Waals surface area contributed by atoms with Crippen LogP contribution in [0.3, 0.4) is 0 Å². The number of carboxylic acid groups (broad SMARTS) is 1. The highest BCUT2D eigenvalue weighted by Gasteiger charge is 2.28. The molecule has 0 aliphatic carbocycles. The normalized spacial score (nSPS) is 9.56. The van der Waals surface area contributed by atoms with Gasteiger partial charge in [0, 0.05) is 0 Å². The minimum Gasteiger partial charge on any atom is -0.479 e. The Morgan fingerprint density at radius 3 is 2.00 bits per heavy atom. The van der Waals surface area contributed by atoms with E-state index in [-0.39, 0.29) is 4.70 Å². The van der Waals surface area contributed by atoms with Crippen LogP contribution in [0.2, 0.25) is 0 Å². The summed E-state index contributed by atoms with van der Waals surface area (Å²) < 4.78 is -1.83. The lowest BCUT2D eigenvalue weighted by molar-refractivity contribution is -0.136. The van der Waals surface area contributed by atoms with Crippen molar-refractivity contribution in [3.05, 3.63) is 12.7 Å². The van der Waals surface area contributed by atoms with Gasteiger partial charge in [0.25, 0.3) is 0 Å². The first-order chi connectivity index (χ1) is 3.50. The molecule has 0 aliphatic rings. The number of carboxylic acids is 1. The fourth-order valence-electron chi connectivity index (χ4n) is 0.0873. The van der Waals surface area contributed by atoms with Crippen LogP contribution >= 0.6 is 23.2 Å². The van der Waals surface area contributed by atoms with Gasteiger partial charge in [-0.25, -0.2) is 4.79 Å². The number of carbonyl (C=O) groups is 1. The van der Waals surface area contributed by atoms with E-state index in [4.69, 9.17) is 28.3 Å². The quantitative estimate of drug-likeness (QED) is 0.510. The molecule has 0 spiro atoms. The maximum atomic E-state index is 9.92. The van der Waals surface area contributed by atoms with E-state index in [0.29, 0.717) is 0 Å². The van der Waals surface area contributed by atoms with Crippen molar-refractivity contribution in [1.82, 2.24) is 0 Å². The average Bonchev–Trinajstić information content (AvgIpc) is 1.67. The molecule has 0 fully saturated rings. The summed E-state index contributed by atoms with van der Waals surface area (Å²) in [5.74, 6) is -1.31. The molecule has 5 heteroatoms. The Hall–Kier alpha value is -0.280. The van der Waals surface area contributed by atoms with E-state index >= 15 is 0 Å². The molecule has 0 rings (SSSR count). The van der Waals surface area contributed by atoms with Gasteiger partial charge in [0.1, 0.15) is 0 Å². The lowest BCUT2D eigenvalue weighted by Gasteiger charge is -2.04. The number of halogens is 3. The smallest absolute Gasteiger partial charge is 0.344 e. The Labute approximate surface area is 61.4 Å². The topological polar surface area (TPSA) is 37.3 Å². The van der Waals surface area contributed by atoms with Crippen molar-refractivity contribution in [3.8, 4) is 0 Å². The molecule has 2 nitrogen and oxygen atoms in total. The first-order valence-corrected chi connectivity index (χ1v) is 2.51. The third-order valence-electron chi connectivity index (χ3n) is 0.542. The van der Waals surface area contributed by atoms with Gasteiger partial charge in [-0.1, -0.05) is 29.8 Å². The fraction of sp³-hybridized carbons (Fsp3) is 0.250. The van der Waals surface area contributed by atoms with E-state index in [2.05, 4.69) is 6.58 Å². The van der Waals surface area contributed by atoms with E-state index < -0.39 is 10.3 Å². The molecule has 0 aromatic heterocycles. The molecule has 0 heterocycles. The average molecular weight is 175 g/mol. The molecule has 0 unspecified atom stereocenters. The molecule has 54 valence electrons. The molecule has 1 N–H and O–H groups in total. The number of aliphatic carboxylic acids is 1. The van der Waals surface area contributed by atoms with Gasteiger partial charge in [-0.2, -0.15) is 0 Å². The van der Waals surface area contributed by atoms with E-state index in [0.717, 1.165) is 6.08 Å². The van der Waals surface area contributed by atoms with Gasteiger partial charge in [0.15, 0.2) is 0 Å². The molecular weight excluding hydrogens is 170 g/mol. The molecule has 0 aromatic rings. The van der Waals surface area contributed by atoms with E-state index in [9.17, 15) is 4.79 Å². The summed E-state index contributed by atoms with van der Waals surface area (Å²) in [6.45, 7) is 3.11. The van der Waals surface area contributed by atoms with Gasteiger partial charge in [-0.3, -0.25) is 4.70 Å². The summed E-state index contributed by atoms with van der Waals surface area (Å²) in [5, 5.41) is 8.11. The van der Waals surface area contributed by atoms with Gasteiger partial charge in [-0.15, -0.1) is 0 Å². The van der Waals surface area contributed by atoms with Gasteiger partial charge in [0.2, 0.25) is 4.33 Å². The van der Waals surface area contributed by atoms with Crippen molar-refractivity contribution in [1.29, 1.82) is 0 Å². The maximum absolute atomic E-state index is 9.92. The van der Waals surface area contributed by atoms with Crippen LogP contribution in [-0.2, 0) is 4.79 Å². The Balaban J connectivity index is 0. The van der Waals surface area contributed by atoms with Crippen LogP contribution in [0.1, 0.15) is 0 Å². The second-order valence-corrected chi connectivity index (χ2v) is 2.52. The summed E-state index contributed by atoms with van der Waals surface area (Å²) in [5.41, 5.74) is 0. The first-order valence-electron chi connectivity index (χ1n) is 1.75. The maximum Gasteiger partial charge on any atom is 0.344 e. The van der Waals surface area contributed by atoms with Crippen LogP contribution in [0, 0.1) is 0 Å². The third kappa shape index (κ3) is 3.32. The highest BCUT2D eigenvalue weighted by Crippen LogP contribution is 2.21. The number of hydrogen-bond donors (Lipinski definition) is 1. The van der Waals surface area contributed by atoms with Crippen LogP contribution in [0.25, 0.3) is 0 Å². The molecule has 0 aromatic carbocycles. The summed E-state index contributed by atoms with van der Waals surface area (Å²) in [6, 6.07) is 0. The zero-order valence-electron chi connectivity index (χ0n) is 4.30. The second-order valence-electron chi connectivity index (χ2n) is 1.13. The lowest BCUT2D eigenvalue weighted by Crippen LogP contribution is -2.21. The Morgan fingerprint density at radius 2 is 2.00 bits per heavy atom. The summed E-state index contributed by atoms with van der Waals surface area (Å²) in [7, 11) is 0. The van der Waals surface area contributed by atoms with E-state index in [1.807, 2.05) is 0 Å². The lowest BCUT2D eigenvalue weighted by atomic mass is 10.4. The Morgan fingerprint density at radius 1 is 1.67 bits per heavy atom.